The number of allylic oxidation sites excluding steroid dienone is 1. The number of fused-ring (bicyclic) bond motifs is 1. The molecule has 0 amide bonds. The van der Waals surface area contributed by atoms with Crippen molar-refractivity contribution in [2.24, 2.45) is 0 Å². The molecule has 5 rings (SSSR count). The molecule has 0 unspecified atom stereocenters. The number of halogens is 3. The van der Waals surface area contributed by atoms with Crippen molar-refractivity contribution in [3.8, 4) is 0 Å². The Balaban J connectivity index is 1.63. The lowest BCUT2D eigenvalue weighted by molar-refractivity contribution is -0.137. The number of anilines is 2. The van der Waals surface area contributed by atoms with Crippen molar-refractivity contribution in [3.05, 3.63) is 93.3 Å². The molecule has 2 aromatic carbocycles. The molecular weight excluding hydrogens is 421 g/mol. The van der Waals surface area contributed by atoms with Crippen LogP contribution in [0.25, 0.3) is 0 Å². The number of hydrogen-bond donors (Lipinski definition) is 2. The van der Waals surface area contributed by atoms with E-state index in [9.17, 15) is 18.0 Å². The highest BCUT2D eigenvalue weighted by Crippen LogP contribution is 2.45. The van der Waals surface area contributed by atoms with Crippen LogP contribution in [-0.4, -0.2) is 5.78 Å². The smallest absolute Gasteiger partial charge is 0.372 e. The lowest BCUT2D eigenvalue weighted by atomic mass is 9.80. The van der Waals surface area contributed by atoms with Crippen LogP contribution in [0.1, 0.15) is 40.8 Å². The highest BCUT2D eigenvalue weighted by Gasteiger charge is 2.37. The minimum atomic E-state index is -4.45. The van der Waals surface area contributed by atoms with Gasteiger partial charge in [-0.15, -0.1) is 11.3 Å². The zero-order valence-electron chi connectivity index (χ0n) is 16.4. The standard InChI is InChI=1S/C24H19F3N2OS/c25-24(26,27)16-6-3-5-14(11-16)23-22-19(28-17-7-1-2-8-18(17)29-23)12-15(13-20(22)30)21-9-4-10-31-21/h1-11,15,23,28-29H,12-13H2/t15-,23+/m1/s1. The predicted molar refractivity (Wildman–Crippen MR) is 116 cm³/mol. The van der Waals surface area contributed by atoms with Crippen molar-refractivity contribution < 1.29 is 18.0 Å². The molecule has 0 fully saturated rings. The van der Waals surface area contributed by atoms with Crippen LogP contribution in [0, 0.1) is 0 Å². The second-order valence-corrected chi connectivity index (χ2v) is 8.79. The third kappa shape index (κ3) is 3.74. The van der Waals surface area contributed by atoms with E-state index in [1.54, 1.807) is 17.4 Å². The fourth-order valence-corrected chi connectivity index (χ4v) is 5.19. The fourth-order valence-electron chi connectivity index (χ4n) is 4.36. The maximum Gasteiger partial charge on any atom is 0.416 e. The van der Waals surface area contributed by atoms with E-state index in [1.807, 2.05) is 41.8 Å². The molecule has 0 spiro atoms. The quantitative estimate of drug-likeness (QED) is 0.463. The third-order valence-corrected chi connectivity index (χ3v) is 6.84. The summed E-state index contributed by atoms with van der Waals surface area (Å²) in [4.78, 5) is 14.5. The Labute approximate surface area is 181 Å². The van der Waals surface area contributed by atoms with Crippen molar-refractivity contribution >= 4 is 28.5 Å². The third-order valence-electron chi connectivity index (χ3n) is 5.80. The number of hydrogen-bond acceptors (Lipinski definition) is 4. The van der Waals surface area contributed by atoms with E-state index in [2.05, 4.69) is 10.6 Å². The summed E-state index contributed by atoms with van der Waals surface area (Å²) in [5.41, 5.74) is 2.55. The molecule has 3 nitrogen and oxygen atoms in total. The van der Waals surface area contributed by atoms with Gasteiger partial charge in [0.2, 0.25) is 0 Å². The summed E-state index contributed by atoms with van der Waals surface area (Å²) in [6.45, 7) is 0. The molecule has 1 aliphatic heterocycles. The van der Waals surface area contributed by atoms with E-state index in [0.717, 1.165) is 34.1 Å². The van der Waals surface area contributed by atoms with Crippen molar-refractivity contribution in [3.63, 3.8) is 0 Å². The number of carbonyl (C=O) groups is 1. The van der Waals surface area contributed by atoms with Crippen LogP contribution >= 0.6 is 11.3 Å². The highest BCUT2D eigenvalue weighted by atomic mass is 32.1. The monoisotopic (exact) mass is 440 g/mol. The first kappa shape index (κ1) is 19.9. The molecule has 2 aliphatic rings. The summed E-state index contributed by atoms with van der Waals surface area (Å²) in [7, 11) is 0. The van der Waals surface area contributed by atoms with E-state index in [-0.39, 0.29) is 11.7 Å². The van der Waals surface area contributed by atoms with Crippen LogP contribution in [-0.2, 0) is 11.0 Å². The first-order valence-corrected chi connectivity index (χ1v) is 10.9. The number of Topliss-reactive ketones (excluding diaryl/α,β-unsaturated/α-hetero) is 1. The Bertz CT molecular complexity index is 1170. The van der Waals surface area contributed by atoms with Gasteiger partial charge in [0.05, 0.1) is 23.0 Å². The molecule has 31 heavy (non-hydrogen) atoms. The summed E-state index contributed by atoms with van der Waals surface area (Å²) in [5.74, 6) is 0.0149. The van der Waals surface area contributed by atoms with Crippen LogP contribution in [0.5, 0.6) is 0 Å². The molecule has 1 aliphatic carbocycles. The summed E-state index contributed by atoms with van der Waals surface area (Å²) in [6.07, 6.45) is -3.48. The number of benzene rings is 2. The summed E-state index contributed by atoms with van der Waals surface area (Å²) < 4.78 is 40.1. The summed E-state index contributed by atoms with van der Waals surface area (Å²) in [6, 6.07) is 16.1. The van der Waals surface area contributed by atoms with Gasteiger partial charge in [0.25, 0.3) is 0 Å². The number of para-hydroxylation sites is 2. The van der Waals surface area contributed by atoms with E-state index in [0.29, 0.717) is 24.0 Å². The Morgan fingerprint density at radius 3 is 2.48 bits per heavy atom. The van der Waals surface area contributed by atoms with E-state index in [4.69, 9.17) is 0 Å². The topological polar surface area (TPSA) is 41.1 Å². The van der Waals surface area contributed by atoms with E-state index in [1.165, 1.54) is 6.07 Å². The lowest BCUT2D eigenvalue weighted by Crippen LogP contribution is -2.26. The molecular formula is C24H19F3N2OS. The minimum absolute atomic E-state index is 0.0464. The van der Waals surface area contributed by atoms with Gasteiger partial charge in [0, 0.05) is 28.5 Å². The number of ketones is 1. The normalized spacial score (nSPS) is 20.9. The van der Waals surface area contributed by atoms with Gasteiger partial charge in [-0.2, -0.15) is 13.2 Å². The van der Waals surface area contributed by atoms with Crippen LogP contribution < -0.4 is 10.6 Å². The number of rotatable bonds is 2. The maximum atomic E-state index is 13.4. The molecule has 158 valence electrons. The largest absolute Gasteiger partial charge is 0.416 e. The second-order valence-electron chi connectivity index (χ2n) is 7.81. The Hall–Kier alpha value is -3.06. The molecule has 0 saturated heterocycles. The Morgan fingerprint density at radius 1 is 0.935 bits per heavy atom. The van der Waals surface area contributed by atoms with Gasteiger partial charge in [-0.1, -0.05) is 30.3 Å². The average molecular weight is 440 g/mol. The SMILES string of the molecule is O=C1C[C@H](c2cccs2)CC2=C1[C@H](c1cccc(C(F)(F)F)c1)Nc1ccccc1N2. The van der Waals surface area contributed by atoms with E-state index < -0.39 is 17.8 Å². The van der Waals surface area contributed by atoms with Crippen molar-refractivity contribution in [2.75, 3.05) is 10.6 Å². The van der Waals surface area contributed by atoms with E-state index >= 15 is 0 Å². The number of alkyl halides is 3. The minimum Gasteiger partial charge on any atom is -0.372 e. The first-order chi connectivity index (χ1) is 14.9. The zero-order chi connectivity index (χ0) is 21.6. The van der Waals surface area contributed by atoms with Crippen molar-refractivity contribution in [1.29, 1.82) is 0 Å². The Kier molecular flexibility index (Phi) is 4.85. The molecule has 0 radical (unpaired) electrons. The van der Waals surface area contributed by atoms with Crippen molar-refractivity contribution in [1.82, 2.24) is 0 Å². The fraction of sp³-hybridized carbons (Fsp3) is 0.208. The number of thiophene rings is 1. The van der Waals surface area contributed by atoms with Crippen LogP contribution in [0.3, 0.4) is 0 Å². The predicted octanol–water partition coefficient (Wildman–Crippen LogP) is 6.75. The van der Waals surface area contributed by atoms with Gasteiger partial charge < -0.3 is 10.6 Å². The molecule has 0 saturated carbocycles. The Morgan fingerprint density at radius 2 is 1.74 bits per heavy atom. The average Bonchev–Trinajstić information content (AvgIpc) is 3.22. The lowest BCUT2D eigenvalue weighted by Gasteiger charge is -2.29. The van der Waals surface area contributed by atoms with Gasteiger partial charge in [0.15, 0.2) is 5.78 Å². The van der Waals surface area contributed by atoms with Gasteiger partial charge in [-0.25, -0.2) is 0 Å². The molecule has 1 aromatic heterocycles. The van der Waals surface area contributed by atoms with Crippen LogP contribution in [0.15, 0.2) is 77.3 Å². The maximum absolute atomic E-state index is 13.4. The zero-order valence-corrected chi connectivity index (χ0v) is 17.2. The second kappa shape index (κ2) is 7.57. The molecule has 2 heterocycles. The molecule has 2 atom stereocenters. The molecule has 7 heteroatoms. The molecule has 0 bridgehead atoms. The summed E-state index contributed by atoms with van der Waals surface area (Å²) >= 11 is 1.62. The van der Waals surface area contributed by atoms with Crippen molar-refractivity contribution in [2.45, 2.75) is 31.0 Å². The number of nitrogens with one attached hydrogen (secondary N) is 2. The van der Waals surface area contributed by atoms with Gasteiger partial charge in [-0.3, -0.25) is 4.79 Å². The van der Waals surface area contributed by atoms with Crippen LogP contribution in [0.2, 0.25) is 0 Å². The first-order valence-electron chi connectivity index (χ1n) is 9.99. The number of carbonyl (C=O) groups excluding carboxylic acids is 1. The van der Waals surface area contributed by atoms with Crippen LogP contribution in [0.4, 0.5) is 24.5 Å². The molecule has 3 aromatic rings. The van der Waals surface area contributed by atoms with Gasteiger partial charge >= 0.3 is 6.18 Å². The van der Waals surface area contributed by atoms with Gasteiger partial charge in [0.1, 0.15) is 0 Å². The highest BCUT2D eigenvalue weighted by molar-refractivity contribution is 7.10. The summed E-state index contributed by atoms with van der Waals surface area (Å²) in [5, 5.41) is 8.73. The molecule has 2 N–H and O–H groups in total. The van der Waals surface area contributed by atoms with Gasteiger partial charge in [-0.05, 0) is 47.7 Å².